The average Bonchev–Trinajstić information content (AvgIpc) is 3.15. The van der Waals surface area contributed by atoms with E-state index in [1.165, 1.54) is 0 Å². The first-order valence-electron chi connectivity index (χ1n) is 11.8. The fraction of sp³-hybridized carbons (Fsp3) is 0.417. The Kier molecular flexibility index (Phi) is 6.18. The van der Waals surface area contributed by atoms with Gasteiger partial charge < -0.3 is 20.9 Å². The first-order chi connectivity index (χ1) is 16.8. The number of sulfonamides is 1. The van der Waals surface area contributed by atoms with E-state index in [9.17, 15) is 18.0 Å². The van der Waals surface area contributed by atoms with E-state index in [0.29, 0.717) is 43.1 Å². The molecule has 0 saturated carbocycles. The topological polar surface area (TPSA) is 138 Å². The van der Waals surface area contributed by atoms with Gasteiger partial charge >= 0.3 is 0 Å². The van der Waals surface area contributed by atoms with Crippen molar-refractivity contribution >= 4 is 39.2 Å². The Hall–Kier alpha value is -3.47. The molecule has 2 amide bonds. The number of nitrogens with zero attached hydrogens (tertiary/aromatic N) is 4. The number of likely N-dealkylation sites (tertiary alicyclic amines) is 1. The molecule has 2 atom stereocenters. The van der Waals surface area contributed by atoms with Crippen molar-refractivity contribution in [1.29, 1.82) is 0 Å². The van der Waals surface area contributed by atoms with Crippen LogP contribution in [0.25, 0.3) is 0 Å². The summed E-state index contributed by atoms with van der Waals surface area (Å²) >= 11 is 0. The lowest BCUT2D eigenvalue weighted by atomic mass is 9.96. The SMILES string of the molecule is NC(=O)C1CCCN(c2ccc(NC(=O)C3CCCN(C4=NS(=O)(=O)c5ccccc54)C3)cn2)C1. The van der Waals surface area contributed by atoms with Crippen LogP contribution >= 0.6 is 0 Å². The Morgan fingerprint density at radius 3 is 2.43 bits per heavy atom. The largest absolute Gasteiger partial charge is 0.369 e. The number of amides is 2. The molecular formula is C24H28N6O4S. The predicted molar refractivity (Wildman–Crippen MR) is 131 cm³/mol. The lowest BCUT2D eigenvalue weighted by molar-refractivity contribution is -0.122. The second-order valence-corrected chi connectivity index (χ2v) is 10.8. The summed E-state index contributed by atoms with van der Waals surface area (Å²) in [5, 5.41) is 2.94. The molecule has 5 rings (SSSR count). The maximum Gasteiger partial charge on any atom is 0.285 e. The van der Waals surface area contributed by atoms with Crippen molar-refractivity contribution in [2.45, 2.75) is 30.6 Å². The lowest BCUT2D eigenvalue weighted by Crippen LogP contribution is -2.43. The van der Waals surface area contributed by atoms with E-state index in [0.717, 1.165) is 31.6 Å². The fourth-order valence-electron chi connectivity index (χ4n) is 5.01. The van der Waals surface area contributed by atoms with Gasteiger partial charge in [0.15, 0.2) is 5.84 Å². The van der Waals surface area contributed by atoms with Crippen LogP contribution in [-0.2, 0) is 19.6 Å². The van der Waals surface area contributed by atoms with Crippen molar-refractivity contribution in [2.75, 3.05) is 36.4 Å². The second kappa shape index (κ2) is 9.29. The molecule has 2 unspecified atom stereocenters. The van der Waals surface area contributed by atoms with Crippen molar-refractivity contribution in [1.82, 2.24) is 9.88 Å². The zero-order chi connectivity index (χ0) is 24.6. The smallest absolute Gasteiger partial charge is 0.285 e. The molecule has 184 valence electrons. The van der Waals surface area contributed by atoms with E-state index in [2.05, 4.69) is 14.7 Å². The van der Waals surface area contributed by atoms with Gasteiger partial charge in [-0.25, -0.2) is 4.98 Å². The van der Waals surface area contributed by atoms with Gasteiger partial charge in [0.25, 0.3) is 10.0 Å². The van der Waals surface area contributed by atoms with Crippen molar-refractivity contribution in [3.63, 3.8) is 0 Å². The Labute approximate surface area is 204 Å². The zero-order valence-electron chi connectivity index (χ0n) is 19.3. The molecule has 1 aromatic carbocycles. The number of benzene rings is 1. The Balaban J connectivity index is 1.23. The minimum absolute atomic E-state index is 0.134. The van der Waals surface area contributed by atoms with Crippen LogP contribution in [0, 0.1) is 11.8 Å². The van der Waals surface area contributed by atoms with Gasteiger partial charge in [-0.15, -0.1) is 4.40 Å². The van der Waals surface area contributed by atoms with Crippen LogP contribution in [0.15, 0.2) is 51.9 Å². The molecule has 2 saturated heterocycles. The van der Waals surface area contributed by atoms with Crippen LogP contribution < -0.4 is 16.0 Å². The third-order valence-electron chi connectivity index (χ3n) is 6.87. The molecule has 0 radical (unpaired) electrons. The van der Waals surface area contributed by atoms with E-state index in [1.54, 1.807) is 36.5 Å². The first kappa shape index (κ1) is 23.3. The highest BCUT2D eigenvalue weighted by Gasteiger charge is 2.35. The van der Waals surface area contributed by atoms with Crippen LogP contribution in [0.3, 0.4) is 0 Å². The third-order valence-corrected chi connectivity index (χ3v) is 8.19. The maximum atomic E-state index is 13.0. The van der Waals surface area contributed by atoms with Gasteiger partial charge in [-0.05, 0) is 49.9 Å². The number of fused-ring (bicyclic) bond motifs is 1. The van der Waals surface area contributed by atoms with Gasteiger partial charge in [-0.1, -0.05) is 12.1 Å². The summed E-state index contributed by atoms with van der Waals surface area (Å²) in [7, 11) is -3.70. The summed E-state index contributed by atoms with van der Waals surface area (Å²) in [6.45, 7) is 2.39. The van der Waals surface area contributed by atoms with Crippen LogP contribution in [0.4, 0.5) is 11.5 Å². The molecule has 2 aromatic rings. The van der Waals surface area contributed by atoms with E-state index in [-0.39, 0.29) is 28.5 Å². The van der Waals surface area contributed by atoms with Gasteiger partial charge in [0, 0.05) is 31.7 Å². The number of carbonyl (C=O) groups is 2. The van der Waals surface area contributed by atoms with Gasteiger partial charge in [0.1, 0.15) is 10.7 Å². The third kappa shape index (κ3) is 4.72. The molecule has 2 fully saturated rings. The molecule has 0 aliphatic carbocycles. The zero-order valence-corrected chi connectivity index (χ0v) is 20.1. The summed E-state index contributed by atoms with van der Waals surface area (Å²) in [6, 6.07) is 10.4. The van der Waals surface area contributed by atoms with Crippen molar-refractivity contribution in [3.8, 4) is 0 Å². The minimum Gasteiger partial charge on any atom is -0.369 e. The number of anilines is 2. The fourth-order valence-corrected chi connectivity index (χ4v) is 6.24. The van der Waals surface area contributed by atoms with E-state index >= 15 is 0 Å². The molecule has 4 heterocycles. The molecule has 35 heavy (non-hydrogen) atoms. The van der Waals surface area contributed by atoms with Crippen molar-refractivity contribution in [2.24, 2.45) is 22.0 Å². The van der Waals surface area contributed by atoms with Crippen molar-refractivity contribution in [3.05, 3.63) is 48.2 Å². The number of carbonyl (C=O) groups excluding carboxylic acids is 2. The number of nitrogens with one attached hydrogen (secondary N) is 1. The van der Waals surface area contributed by atoms with Crippen LogP contribution in [0.2, 0.25) is 0 Å². The number of hydrogen-bond acceptors (Lipinski definition) is 7. The normalized spacial score (nSPS) is 23.4. The molecule has 3 aliphatic heterocycles. The minimum atomic E-state index is -3.70. The van der Waals surface area contributed by atoms with Crippen molar-refractivity contribution < 1.29 is 18.0 Å². The lowest BCUT2D eigenvalue weighted by Gasteiger charge is -2.33. The highest BCUT2D eigenvalue weighted by molar-refractivity contribution is 7.90. The van der Waals surface area contributed by atoms with E-state index in [1.807, 2.05) is 15.9 Å². The second-order valence-electron chi connectivity index (χ2n) is 9.25. The van der Waals surface area contributed by atoms with Crippen LogP contribution in [-0.4, -0.2) is 62.1 Å². The Morgan fingerprint density at radius 1 is 0.971 bits per heavy atom. The predicted octanol–water partition coefficient (Wildman–Crippen LogP) is 1.58. The molecule has 3 N–H and O–H groups in total. The molecule has 11 heteroatoms. The number of primary amides is 1. The molecule has 0 spiro atoms. The van der Waals surface area contributed by atoms with Gasteiger partial charge in [0.2, 0.25) is 11.8 Å². The average molecular weight is 497 g/mol. The van der Waals surface area contributed by atoms with E-state index < -0.39 is 10.0 Å². The highest BCUT2D eigenvalue weighted by atomic mass is 32.2. The van der Waals surface area contributed by atoms with Gasteiger partial charge in [0.05, 0.1) is 23.7 Å². The van der Waals surface area contributed by atoms with Crippen LogP contribution in [0.1, 0.15) is 31.2 Å². The Morgan fingerprint density at radius 2 is 1.69 bits per heavy atom. The quantitative estimate of drug-likeness (QED) is 0.655. The number of amidine groups is 1. The molecular weight excluding hydrogens is 468 g/mol. The van der Waals surface area contributed by atoms with Gasteiger partial charge in [-0.2, -0.15) is 8.42 Å². The first-order valence-corrected chi connectivity index (χ1v) is 13.3. The molecule has 1 aromatic heterocycles. The summed E-state index contributed by atoms with van der Waals surface area (Å²) < 4.78 is 28.9. The number of nitrogens with two attached hydrogens (primary N) is 1. The number of piperidine rings is 2. The molecule has 3 aliphatic rings. The molecule has 0 bridgehead atoms. The standard InChI is InChI=1S/C24H28N6O4S/c25-22(31)16-5-3-11-29(14-16)21-10-9-18(13-26-21)27-24(32)17-6-4-12-30(15-17)23-19-7-1-2-8-20(19)35(33,34)28-23/h1-2,7-10,13,16-17H,3-6,11-12,14-15H2,(H2,25,31)(H,27,32). The van der Waals surface area contributed by atoms with Gasteiger partial charge in [-0.3, -0.25) is 9.59 Å². The number of hydrogen-bond donors (Lipinski definition) is 2. The number of pyridine rings is 1. The number of aromatic nitrogens is 1. The molecule has 10 nitrogen and oxygen atoms in total. The summed E-state index contributed by atoms with van der Waals surface area (Å²) in [4.78, 5) is 33.2. The van der Waals surface area contributed by atoms with Crippen LogP contribution in [0.5, 0.6) is 0 Å². The Bertz CT molecular complexity index is 1280. The maximum absolute atomic E-state index is 13.0. The summed E-state index contributed by atoms with van der Waals surface area (Å²) in [6.07, 6.45) is 4.75. The highest BCUT2D eigenvalue weighted by Crippen LogP contribution is 2.30. The summed E-state index contributed by atoms with van der Waals surface area (Å²) in [5.41, 5.74) is 6.65. The van der Waals surface area contributed by atoms with E-state index in [4.69, 9.17) is 5.73 Å². The number of rotatable bonds is 4. The summed E-state index contributed by atoms with van der Waals surface area (Å²) in [5.74, 6) is 0.262. The monoisotopic (exact) mass is 496 g/mol.